The lowest BCUT2D eigenvalue weighted by molar-refractivity contribution is 0.528. The first-order valence-electron chi connectivity index (χ1n) is 7.09. The van der Waals surface area contributed by atoms with Gasteiger partial charge in [-0.2, -0.15) is 0 Å². The molecule has 0 bridgehead atoms. The summed E-state index contributed by atoms with van der Waals surface area (Å²) < 4.78 is 0. The highest BCUT2D eigenvalue weighted by Crippen LogP contribution is 2.19. The molecule has 0 spiro atoms. The molecule has 1 heterocycles. The van der Waals surface area contributed by atoms with E-state index in [9.17, 15) is 0 Å². The quantitative estimate of drug-likeness (QED) is 0.856. The fourth-order valence-corrected chi connectivity index (χ4v) is 2.29. The molecule has 1 aromatic heterocycles. The molecule has 0 saturated carbocycles. The molecule has 2 rings (SSSR count). The van der Waals surface area contributed by atoms with Crippen LogP contribution in [-0.4, -0.2) is 11.5 Å². The number of benzene rings is 1. The van der Waals surface area contributed by atoms with Crippen molar-refractivity contribution in [1.82, 2.24) is 10.3 Å². The van der Waals surface area contributed by atoms with E-state index < -0.39 is 0 Å². The maximum atomic E-state index is 5.94. The summed E-state index contributed by atoms with van der Waals surface area (Å²) >= 11 is 5.94. The first kappa shape index (κ1) is 15.0. The Hall–Kier alpha value is -1.38. The van der Waals surface area contributed by atoms with E-state index in [4.69, 9.17) is 11.6 Å². The van der Waals surface area contributed by atoms with E-state index in [-0.39, 0.29) is 0 Å². The molecule has 1 N–H and O–H groups in total. The largest absolute Gasteiger partial charge is 0.310 e. The zero-order valence-electron chi connectivity index (χ0n) is 12.1. The summed E-state index contributed by atoms with van der Waals surface area (Å²) in [7, 11) is 0. The van der Waals surface area contributed by atoms with Crippen molar-refractivity contribution in [3.8, 4) is 0 Å². The van der Waals surface area contributed by atoms with Gasteiger partial charge in [0.2, 0.25) is 0 Å². The minimum absolute atomic E-state index is 0.296. The minimum atomic E-state index is 0.296. The zero-order valence-corrected chi connectivity index (χ0v) is 12.8. The lowest BCUT2D eigenvalue weighted by Gasteiger charge is -2.19. The van der Waals surface area contributed by atoms with Crippen LogP contribution in [0.1, 0.15) is 36.2 Å². The van der Waals surface area contributed by atoms with Gasteiger partial charge in [0.05, 0.1) is 0 Å². The summed E-state index contributed by atoms with van der Waals surface area (Å²) in [5, 5.41) is 4.38. The van der Waals surface area contributed by atoms with Crippen LogP contribution in [-0.2, 0) is 6.42 Å². The Morgan fingerprint density at radius 1 is 1.15 bits per heavy atom. The van der Waals surface area contributed by atoms with Crippen LogP contribution in [0.5, 0.6) is 0 Å². The van der Waals surface area contributed by atoms with Gasteiger partial charge >= 0.3 is 0 Å². The van der Waals surface area contributed by atoms with Crippen molar-refractivity contribution in [2.45, 2.75) is 32.7 Å². The number of hydrogen-bond acceptors (Lipinski definition) is 2. The molecule has 0 fully saturated rings. The molecule has 1 unspecified atom stereocenters. The van der Waals surface area contributed by atoms with Crippen molar-refractivity contribution in [3.05, 3.63) is 64.4 Å². The van der Waals surface area contributed by atoms with Crippen molar-refractivity contribution in [1.29, 1.82) is 0 Å². The van der Waals surface area contributed by atoms with Crippen LogP contribution >= 0.6 is 11.6 Å². The van der Waals surface area contributed by atoms with E-state index in [2.05, 4.69) is 41.5 Å². The monoisotopic (exact) mass is 288 g/mol. The molecule has 2 aromatic rings. The number of nitrogens with zero attached hydrogens (tertiary/aromatic N) is 1. The van der Waals surface area contributed by atoms with Gasteiger partial charge in [-0.15, -0.1) is 0 Å². The van der Waals surface area contributed by atoms with E-state index in [0.29, 0.717) is 6.04 Å². The van der Waals surface area contributed by atoms with Crippen LogP contribution in [0.4, 0.5) is 0 Å². The number of aryl methyl sites for hydroxylation is 1. The van der Waals surface area contributed by atoms with E-state index in [0.717, 1.165) is 30.1 Å². The molecule has 1 atom stereocenters. The number of aromatic nitrogens is 1. The molecular weight excluding hydrogens is 268 g/mol. The molecule has 20 heavy (non-hydrogen) atoms. The number of pyridine rings is 1. The van der Waals surface area contributed by atoms with Crippen LogP contribution in [0.15, 0.2) is 42.6 Å². The van der Waals surface area contributed by atoms with Crippen molar-refractivity contribution in [2.24, 2.45) is 0 Å². The molecule has 0 radical (unpaired) electrons. The minimum Gasteiger partial charge on any atom is -0.310 e. The molecule has 0 saturated heterocycles. The summed E-state index contributed by atoms with van der Waals surface area (Å²) in [5.41, 5.74) is 3.57. The maximum Gasteiger partial charge on any atom is 0.0406 e. The highest BCUT2D eigenvalue weighted by molar-refractivity contribution is 6.30. The molecule has 0 amide bonds. The smallest absolute Gasteiger partial charge is 0.0406 e. The van der Waals surface area contributed by atoms with Gasteiger partial charge in [-0.3, -0.25) is 4.98 Å². The molecule has 3 heteroatoms. The first-order valence-corrected chi connectivity index (χ1v) is 7.47. The molecule has 0 aliphatic rings. The van der Waals surface area contributed by atoms with Gasteiger partial charge in [0, 0.05) is 23.0 Å². The van der Waals surface area contributed by atoms with Gasteiger partial charge in [-0.1, -0.05) is 36.7 Å². The Labute approximate surface area is 126 Å². The average Bonchev–Trinajstić information content (AvgIpc) is 2.46. The standard InChI is InChI=1S/C17H21ClN2/c1-3-10-19-17(15-7-4-13(2)20-12-15)11-14-5-8-16(18)9-6-14/h4-9,12,17,19H,3,10-11H2,1-2H3. The summed E-state index contributed by atoms with van der Waals surface area (Å²) in [4.78, 5) is 4.40. The Morgan fingerprint density at radius 3 is 2.50 bits per heavy atom. The van der Waals surface area contributed by atoms with Gasteiger partial charge in [0.1, 0.15) is 0 Å². The SMILES string of the molecule is CCCNC(Cc1ccc(Cl)cc1)c1ccc(C)nc1. The highest BCUT2D eigenvalue weighted by atomic mass is 35.5. The molecule has 106 valence electrons. The van der Waals surface area contributed by atoms with E-state index >= 15 is 0 Å². The normalized spacial score (nSPS) is 12.3. The molecule has 1 aromatic carbocycles. The van der Waals surface area contributed by atoms with Gasteiger partial charge in [-0.05, 0) is 55.6 Å². The second-order valence-corrected chi connectivity index (χ2v) is 5.51. The van der Waals surface area contributed by atoms with Crippen LogP contribution < -0.4 is 5.32 Å². The predicted molar refractivity (Wildman–Crippen MR) is 85.2 cm³/mol. The number of hydrogen-bond donors (Lipinski definition) is 1. The van der Waals surface area contributed by atoms with E-state index in [1.54, 1.807) is 0 Å². The fourth-order valence-electron chi connectivity index (χ4n) is 2.17. The van der Waals surface area contributed by atoms with Gasteiger partial charge < -0.3 is 5.32 Å². The molecule has 0 aliphatic carbocycles. The third-order valence-electron chi connectivity index (χ3n) is 3.33. The van der Waals surface area contributed by atoms with Gasteiger partial charge in [-0.25, -0.2) is 0 Å². The summed E-state index contributed by atoms with van der Waals surface area (Å²) in [6, 6.07) is 12.6. The van der Waals surface area contributed by atoms with Crippen molar-refractivity contribution in [3.63, 3.8) is 0 Å². The molecular formula is C17H21ClN2. The second-order valence-electron chi connectivity index (χ2n) is 5.07. The molecule has 2 nitrogen and oxygen atoms in total. The maximum absolute atomic E-state index is 5.94. The Morgan fingerprint density at radius 2 is 1.90 bits per heavy atom. The van der Waals surface area contributed by atoms with Crippen LogP contribution in [0.3, 0.4) is 0 Å². The third-order valence-corrected chi connectivity index (χ3v) is 3.58. The fraction of sp³-hybridized carbons (Fsp3) is 0.353. The average molecular weight is 289 g/mol. The van der Waals surface area contributed by atoms with Crippen LogP contribution in [0.25, 0.3) is 0 Å². The van der Waals surface area contributed by atoms with E-state index in [1.807, 2.05) is 25.3 Å². The second kappa shape index (κ2) is 7.41. The predicted octanol–water partition coefficient (Wildman–Crippen LogP) is 4.33. The molecule has 0 aliphatic heterocycles. The zero-order chi connectivity index (χ0) is 14.4. The third kappa shape index (κ3) is 4.32. The first-order chi connectivity index (χ1) is 9.69. The van der Waals surface area contributed by atoms with Crippen molar-refractivity contribution in [2.75, 3.05) is 6.54 Å². The lowest BCUT2D eigenvalue weighted by Crippen LogP contribution is -2.24. The van der Waals surface area contributed by atoms with Crippen LogP contribution in [0.2, 0.25) is 5.02 Å². The van der Waals surface area contributed by atoms with Gasteiger partial charge in [0.15, 0.2) is 0 Å². The lowest BCUT2D eigenvalue weighted by atomic mass is 10.00. The topological polar surface area (TPSA) is 24.9 Å². The van der Waals surface area contributed by atoms with Crippen molar-refractivity contribution >= 4 is 11.6 Å². The number of halogens is 1. The Bertz CT molecular complexity index is 520. The van der Waals surface area contributed by atoms with Crippen LogP contribution in [0, 0.1) is 6.92 Å². The number of rotatable bonds is 6. The highest BCUT2D eigenvalue weighted by Gasteiger charge is 2.11. The Balaban J connectivity index is 2.14. The summed E-state index contributed by atoms with van der Waals surface area (Å²) in [5.74, 6) is 0. The number of nitrogens with one attached hydrogen (secondary N) is 1. The van der Waals surface area contributed by atoms with Gasteiger partial charge in [0.25, 0.3) is 0 Å². The van der Waals surface area contributed by atoms with E-state index in [1.165, 1.54) is 11.1 Å². The Kier molecular flexibility index (Phi) is 5.57. The summed E-state index contributed by atoms with van der Waals surface area (Å²) in [6.45, 7) is 5.20. The van der Waals surface area contributed by atoms with Crippen molar-refractivity contribution < 1.29 is 0 Å². The summed E-state index contributed by atoms with van der Waals surface area (Å²) in [6.07, 6.45) is 4.04.